The summed E-state index contributed by atoms with van der Waals surface area (Å²) >= 11 is 0. The number of alkyl halides is 1. The van der Waals surface area contributed by atoms with Crippen LogP contribution < -0.4 is 10.6 Å². The first kappa shape index (κ1) is 26.1. The lowest BCUT2D eigenvalue weighted by Crippen LogP contribution is -2.47. The Morgan fingerprint density at radius 3 is 2.62 bits per heavy atom. The van der Waals surface area contributed by atoms with E-state index in [2.05, 4.69) is 15.6 Å². The fourth-order valence-corrected chi connectivity index (χ4v) is 5.03. The number of nitrogens with zero attached hydrogens (tertiary/aromatic N) is 3. The van der Waals surface area contributed by atoms with Gasteiger partial charge in [0.2, 0.25) is 11.8 Å². The molecule has 0 saturated carbocycles. The summed E-state index contributed by atoms with van der Waals surface area (Å²) in [4.78, 5) is 44.1. The van der Waals surface area contributed by atoms with Crippen LogP contribution in [0.3, 0.4) is 0 Å². The van der Waals surface area contributed by atoms with Crippen molar-refractivity contribution in [3.05, 3.63) is 90.4 Å². The van der Waals surface area contributed by atoms with Gasteiger partial charge in [-0.15, -0.1) is 0 Å². The number of carbonyl (C=O) groups is 3. The molecular formula is C30H30FN5O3. The summed E-state index contributed by atoms with van der Waals surface area (Å²) in [6, 6.07) is 18.1. The molecule has 2 aromatic carbocycles. The Morgan fingerprint density at radius 2 is 1.87 bits per heavy atom. The molecule has 0 radical (unpaired) electrons. The van der Waals surface area contributed by atoms with Gasteiger partial charge < -0.3 is 20.1 Å². The van der Waals surface area contributed by atoms with Crippen LogP contribution in [0.5, 0.6) is 0 Å². The summed E-state index contributed by atoms with van der Waals surface area (Å²) in [6.07, 6.45) is 4.38. The molecule has 1 fully saturated rings. The van der Waals surface area contributed by atoms with Gasteiger partial charge in [-0.05, 0) is 49.2 Å². The number of aromatic nitrogens is 2. The van der Waals surface area contributed by atoms with Gasteiger partial charge in [0.05, 0.1) is 18.4 Å². The number of pyridine rings is 1. The zero-order chi connectivity index (χ0) is 27.4. The van der Waals surface area contributed by atoms with Crippen LogP contribution in [-0.2, 0) is 22.6 Å². The monoisotopic (exact) mass is 527 g/mol. The number of Topliss-reactive ketones (excluding diaryl/α,β-unsaturated/α-hetero) is 1. The molecule has 8 nitrogen and oxygen atoms in total. The highest BCUT2D eigenvalue weighted by molar-refractivity contribution is 6.08. The lowest BCUT2D eigenvalue weighted by atomic mass is 10.1. The van der Waals surface area contributed by atoms with Gasteiger partial charge in [0, 0.05) is 47.5 Å². The predicted molar refractivity (Wildman–Crippen MR) is 148 cm³/mol. The highest BCUT2D eigenvalue weighted by Crippen LogP contribution is 2.28. The van der Waals surface area contributed by atoms with Gasteiger partial charge in [-0.3, -0.25) is 19.4 Å². The molecule has 1 saturated heterocycles. The van der Waals surface area contributed by atoms with E-state index in [4.69, 9.17) is 0 Å². The minimum Gasteiger partial charge on any atom is -0.354 e. The number of nitrogens with one attached hydrogen (secondary N) is 2. The van der Waals surface area contributed by atoms with E-state index in [0.717, 1.165) is 16.9 Å². The molecule has 0 spiro atoms. The van der Waals surface area contributed by atoms with Crippen molar-refractivity contribution in [1.82, 2.24) is 19.8 Å². The van der Waals surface area contributed by atoms with Gasteiger partial charge >= 0.3 is 0 Å². The average molecular weight is 528 g/mol. The third-order valence-corrected chi connectivity index (χ3v) is 6.94. The van der Waals surface area contributed by atoms with E-state index in [1.807, 2.05) is 60.7 Å². The zero-order valence-corrected chi connectivity index (χ0v) is 21.6. The van der Waals surface area contributed by atoms with E-state index in [1.54, 1.807) is 23.2 Å². The lowest BCUT2D eigenvalue weighted by Gasteiger charge is -2.24. The van der Waals surface area contributed by atoms with Gasteiger partial charge in [0.1, 0.15) is 18.8 Å². The van der Waals surface area contributed by atoms with Gasteiger partial charge in [0.25, 0.3) is 0 Å². The van der Waals surface area contributed by atoms with Gasteiger partial charge in [-0.1, -0.05) is 30.3 Å². The number of hydrogen-bond donors (Lipinski definition) is 2. The molecule has 2 N–H and O–H groups in total. The number of fused-ring (bicyclic) bond motifs is 1. The first-order valence-electron chi connectivity index (χ1n) is 12.9. The molecule has 9 heteroatoms. The number of rotatable bonds is 9. The number of anilines is 2. The Kier molecular flexibility index (Phi) is 7.67. The van der Waals surface area contributed by atoms with E-state index < -0.39 is 12.2 Å². The fraction of sp³-hybridized carbons (Fsp3) is 0.267. The van der Waals surface area contributed by atoms with Crippen molar-refractivity contribution >= 4 is 39.9 Å². The molecular weight excluding hydrogens is 497 g/mol. The summed E-state index contributed by atoms with van der Waals surface area (Å²) in [5.74, 6) is -0.861. The van der Waals surface area contributed by atoms with Crippen LogP contribution in [0.2, 0.25) is 0 Å². The molecule has 0 bridgehead atoms. The number of likely N-dealkylation sites (tertiary alicyclic amines) is 1. The number of benzene rings is 2. The molecule has 1 aliphatic heterocycles. The van der Waals surface area contributed by atoms with Crippen molar-refractivity contribution in [2.45, 2.75) is 38.5 Å². The quantitative estimate of drug-likeness (QED) is 0.317. The van der Waals surface area contributed by atoms with Crippen molar-refractivity contribution in [3.63, 3.8) is 0 Å². The Bertz CT molecular complexity index is 1490. The van der Waals surface area contributed by atoms with Gasteiger partial charge in [-0.25, -0.2) is 4.39 Å². The highest BCUT2D eigenvalue weighted by Gasteiger charge is 2.39. The molecule has 2 atom stereocenters. The maximum Gasteiger partial charge on any atom is 0.243 e. The average Bonchev–Trinajstić information content (AvgIpc) is 3.50. The Morgan fingerprint density at radius 1 is 1.05 bits per heavy atom. The molecule has 4 aromatic rings. The highest BCUT2D eigenvalue weighted by atomic mass is 19.1. The molecule has 5 rings (SSSR count). The van der Waals surface area contributed by atoms with Crippen molar-refractivity contribution < 1.29 is 18.8 Å². The molecule has 2 amide bonds. The molecule has 1 aliphatic rings. The number of carbonyl (C=O) groups excluding carboxylic acids is 3. The van der Waals surface area contributed by atoms with Crippen LogP contribution in [0.1, 0.15) is 29.3 Å². The minimum absolute atomic E-state index is 0.0304. The molecule has 39 heavy (non-hydrogen) atoms. The normalized spacial score (nSPS) is 16.8. The largest absolute Gasteiger partial charge is 0.354 e. The summed E-state index contributed by atoms with van der Waals surface area (Å²) in [5.41, 5.74) is 3.84. The molecule has 2 aromatic heterocycles. The molecule has 3 heterocycles. The van der Waals surface area contributed by atoms with Crippen LogP contribution in [0.15, 0.2) is 79.3 Å². The van der Waals surface area contributed by atoms with Crippen LogP contribution in [0.25, 0.3) is 10.9 Å². The first-order valence-corrected chi connectivity index (χ1v) is 12.9. The summed E-state index contributed by atoms with van der Waals surface area (Å²) in [5, 5.41) is 6.82. The Hall–Kier alpha value is -4.53. The van der Waals surface area contributed by atoms with E-state index in [1.165, 1.54) is 11.8 Å². The van der Waals surface area contributed by atoms with E-state index in [0.29, 0.717) is 29.4 Å². The third kappa shape index (κ3) is 5.98. The van der Waals surface area contributed by atoms with Crippen molar-refractivity contribution in [1.29, 1.82) is 0 Å². The Balaban J connectivity index is 1.31. The van der Waals surface area contributed by atoms with Crippen molar-refractivity contribution in [3.8, 4) is 0 Å². The van der Waals surface area contributed by atoms with Crippen LogP contribution in [0.4, 0.5) is 15.8 Å². The molecule has 0 aliphatic carbocycles. The van der Waals surface area contributed by atoms with E-state index in [9.17, 15) is 18.8 Å². The second-order valence-electron chi connectivity index (χ2n) is 9.75. The second kappa shape index (κ2) is 11.5. The molecule has 200 valence electrons. The smallest absolute Gasteiger partial charge is 0.243 e. The summed E-state index contributed by atoms with van der Waals surface area (Å²) in [6.45, 7) is 1.64. The lowest BCUT2D eigenvalue weighted by molar-refractivity contribution is -0.138. The standard InChI is InChI=1S/C30H30FN5O3/c1-20(37)26-18-35(27-10-9-23(15-25(26)27)34-24-8-5-12-32-16-24)19-29(38)36-17-22(31)14-28(36)30(39)33-13-11-21-6-3-2-4-7-21/h2-10,12,15-16,18,22,28,34H,11,13-14,17,19H2,1H3,(H,33,39)/t22-,28+/m1/s1. The van der Waals surface area contributed by atoms with Crippen LogP contribution >= 0.6 is 0 Å². The number of amides is 2. The van der Waals surface area contributed by atoms with Crippen molar-refractivity contribution in [2.75, 3.05) is 18.4 Å². The topological polar surface area (TPSA) is 96.3 Å². The number of hydrogen-bond acceptors (Lipinski definition) is 5. The summed E-state index contributed by atoms with van der Waals surface area (Å²) in [7, 11) is 0. The van der Waals surface area contributed by atoms with Gasteiger partial charge in [0.15, 0.2) is 5.78 Å². The SMILES string of the molecule is CC(=O)c1cn(CC(=O)N2C[C@H](F)C[C@H]2C(=O)NCCc2ccccc2)c2ccc(Nc3cccnc3)cc12. The maximum absolute atomic E-state index is 14.4. The van der Waals surface area contributed by atoms with E-state index >= 15 is 0 Å². The van der Waals surface area contributed by atoms with Crippen LogP contribution in [0, 0.1) is 0 Å². The predicted octanol–water partition coefficient (Wildman–Crippen LogP) is 4.28. The van der Waals surface area contributed by atoms with Crippen molar-refractivity contribution in [2.24, 2.45) is 0 Å². The first-order chi connectivity index (χ1) is 18.9. The van der Waals surface area contributed by atoms with Crippen LogP contribution in [-0.4, -0.2) is 57.4 Å². The maximum atomic E-state index is 14.4. The fourth-order valence-electron chi connectivity index (χ4n) is 5.03. The third-order valence-electron chi connectivity index (χ3n) is 6.94. The minimum atomic E-state index is -1.27. The zero-order valence-electron chi connectivity index (χ0n) is 21.6. The Labute approximate surface area is 225 Å². The summed E-state index contributed by atoms with van der Waals surface area (Å²) < 4.78 is 16.1. The number of halogens is 1. The van der Waals surface area contributed by atoms with Gasteiger partial charge in [-0.2, -0.15) is 0 Å². The van der Waals surface area contributed by atoms with E-state index in [-0.39, 0.29) is 37.1 Å². The molecule has 0 unspecified atom stereocenters. The number of ketones is 1. The second-order valence-corrected chi connectivity index (χ2v) is 9.75.